The number of carbonyl (C=O) groups excluding carboxylic acids is 1. The molecule has 0 fully saturated rings. The van der Waals surface area contributed by atoms with Gasteiger partial charge in [-0.1, -0.05) is 41.5 Å². The Kier molecular flexibility index (Phi) is 9.39. The molecule has 4 rings (SSSR count). The fraction of sp³-hybridized carbons (Fsp3) is 0.310. The van der Waals surface area contributed by atoms with Crippen molar-refractivity contribution in [2.24, 2.45) is 10.1 Å². The van der Waals surface area contributed by atoms with E-state index in [-0.39, 0.29) is 25.5 Å². The van der Waals surface area contributed by atoms with Crippen LogP contribution in [0.1, 0.15) is 23.1 Å². The molecule has 0 aliphatic carbocycles. The summed E-state index contributed by atoms with van der Waals surface area (Å²) in [5, 5.41) is 15.8. The molecule has 10 heteroatoms. The first-order valence-electron chi connectivity index (χ1n) is 12.7. The number of methoxy groups -OCH3 is 1. The molecule has 39 heavy (non-hydrogen) atoms. The third kappa shape index (κ3) is 7.07. The molecule has 0 radical (unpaired) electrons. The van der Waals surface area contributed by atoms with Crippen LogP contribution in [0.25, 0.3) is 10.4 Å². The van der Waals surface area contributed by atoms with Crippen molar-refractivity contribution in [2.75, 3.05) is 33.5 Å². The van der Waals surface area contributed by atoms with Crippen molar-refractivity contribution < 1.29 is 24.1 Å². The molecule has 0 saturated carbocycles. The van der Waals surface area contributed by atoms with E-state index >= 15 is 0 Å². The van der Waals surface area contributed by atoms with E-state index in [2.05, 4.69) is 15.3 Å². The van der Waals surface area contributed by atoms with Crippen LogP contribution >= 0.6 is 0 Å². The third-order valence-electron chi connectivity index (χ3n) is 6.34. The molecule has 1 amide bonds. The number of aliphatic hydroxyl groups is 1. The van der Waals surface area contributed by atoms with Gasteiger partial charge in [-0.05, 0) is 59.5 Å². The molecule has 2 N–H and O–H groups in total. The molecule has 0 unspecified atom stereocenters. The highest BCUT2D eigenvalue weighted by atomic mass is 16.5. The smallest absolute Gasteiger partial charge is 0.251 e. The Morgan fingerprint density at radius 3 is 2.59 bits per heavy atom. The predicted octanol–water partition coefficient (Wildman–Crippen LogP) is 4.52. The van der Waals surface area contributed by atoms with Crippen LogP contribution in [0, 0.1) is 0 Å². The quantitative estimate of drug-likeness (QED) is 0.145. The normalized spacial score (nSPS) is 16.0. The van der Waals surface area contributed by atoms with Crippen molar-refractivity contribution >= 4 is 17.5 Å². The maximum atomic E-state index is 13.6. The van der Waals surface area contributed by atoms with Gasteiger partial charge >= 0.3 is 0 Å². The second-order valence-corrected chi connectivity index (χ2v) is 9.04. The van der Waals surface area contributed by atoms with E-state index in [1.54, 1.807) is 31.4 Å². The number of amides is 1. The summed E-state index contributed by atoms with van der Waals surface area (Å²) in [5.74, 6) is 1.51. The molecule has 0 saturated heterocycles. The van der Waals surface area contributed by atoms with Gasteiger partial charge in [0.2, 0.25) is 5.90 Å². The molecular weight excluding hydrogens is 498 g/mol. The maximum absolute atomic E-state index is 13.6. The molecule has 0 aromatic heterocycles. The molecule has 3 aromatic rings. The molecule has 202 valence electrons. The average Bonchev–Trinajstić information content (AvgIpc) is 3.40. The van der Waals surface area contributed by atoms with E-state index in [4.69, 9.17) is 29.8 Å². The summed E-state index contributed by atoms with van der Waals surface area (Å²) in [6.45, 7) is 0.930. The number of ether oxygens (including phenoxy) is 3. The summed E-state index contributed by atoms with van der Waals surface area (Å²) >= 11 is 0. The lowest BCUT2D eigenvalue weighted by Gasteiger charge is -2.24. The Balaban J connectivity index is 1.55. The highest BCUT2D eigenvalue weighted by Gasteiger charge is 2.44. The molecule has 1 aliphatic heterocycles. The zero-order valence-corrected chi connectivity index (χ0v) is 21.7. The summed E-state index contributed by atoms with van der Waals surface area (Å²) in [6.07, 6.45) is 1.38. The molecule has 1 aliphatic rings. The molecule has 1 heterocycles. The monoisotopic (exact) mass is 529 g/mol. The molecule has 3 aromatic carbocycles. The SMILES string of the molecule is COc1ccc(CCNC(=O)[C@@]2(Cc3ccccc3N=[N+]=[N-])COC(c3ccc(OCCCO)cc3)=N2)cc1. The second-order valence-electron chi connectivity index (χ2n) is 9.04. The molecule has 0 bridgehead atoms. The van der Waals surface area contributed by atoms with Crippen LogP contribution in [0.15, 0.2) is 82.9 Å². The number of rotatable bonds is 13. The van der Waals surface area contributed by atoms with E-state index in [1.807, 2.05) is 48.5 Å². The summed E-state index contributed by atoms with van der Waals surface area (Å²) in [4.78, 5) is 21.4. The van der Waals surface area contributed by atoms with Gasteiger partial charge in [-0.2, -0.15) is 0 Å². The minimum Gasteiger partial charge on any atom is -0.497 e. The summed E-state index contributed by atoms with van der Waals surface area (Å²) in [7, 11) is 1.62. The van der Waals surface area contributed by atoms with E-state index in [0.29, 0.717) is 54.5 Å². The van der Waals surface area contributed by atoms with Gasteiger partial charge in [0.25, 0.3) is 5.91 Å². The van der Waals surface area contributed by atoms with Gasteiger partial charge in [-0.3, -0.25) is 4.79 Å². The number of hydrogen-bond acceptors (Lipinski definition) is 7. The van der Waals surface area contributed by atoms with E-state index in [0.717, 1.165) is 11.3 Å². The number of azide groups is 1. The van der Waals surface area contributed by atoms with Crippen molar-refractivity contribution in [3.05, 3.63) is 99.9 Å². The van der Waals surface area contributed by atoms with Gasteiger partial charge in [0, 0.05) is 42.2 Å². The number of aliphatic hydroxyl groups excluding tert-OH is 1. The summed E-state index contributed by atoms with van der Waals surface area (Å²) in [6, 6.07) is 22.1. The van der Waals surface area contributed by atoms with Crippen molar-refractivity contribution in [1.29, 1.82) is 0 Å². The fourth-order valence-corrected chi connectivity index (χ4v) is 4.23. The minimum atomic E-state index is -1.24. The van der Waals surface area contributed by atoms with Crippen molar-refractivity contribution in [1.82, 2.24) is 5.32 Å². The van der Waals surface area contributed by atoms with Gasteiger partial charge in [0.1, 0.15) is 18.1 Å². The Morgan fingerprint density at radius 2 is 1.87 bits per heavy atom. The topological polar surface area (TPSA) is 138 Å². The first-order chi connectivity index (χ1) is 19.1. The van der Waals surface area contributed by atoms with Gasteiger partial charge < -0.3 is 24.6 Å². The number of nitrogens with zero attached hydrogens (tertiary/aromatic N) is 4. The summed E-state index contributed by atoms with van der Waals surface area (Å²) in [5.41, 5.74) is 10.7. The minimum absolute atomic E-state index is 0.0378. The van der Waals surface area contributed by atoms with Crippen LogP contribution in [0.2, 0.25) is 0 Å². The number of hydrogen-bond donors (Lipinski definition) is 2. The largest absolute Gasteiger partial charge is 0.497 e. The molecule has 1 atom stereocenters. The van der Waals surface area contributed by atoms with Crippen LogP contribution in [0.5, 0.6) is 11.5 Å². The van der Waals surface area contributed by atoms with Crippen LogP contribution < -0.4 is 14.8 Å². The lowest BCUT2D eigenvalue weighted by atomic mass is 9.90. The Morgan fingerprint density at radius 1 is 1.13 bits per heavy atom. The van der Waals surface area contributed by atoms with Gasteiger partial charge in [0.15, 0.2) is 5.54 Å². The Labute approximate surface area is 226 Å². The van der Waals surface area contributed by atoms with Crippen LogP contribution in [0.4, 0.5) is 5.69 Å². The number of carbonyl (C=O) groups is 1. The van der Waals surface area contributed by atoms with Gasteiger partial charge in [-0.15, -0.1) is 0 Å². The van der Waals surface area contributed by atoms with Gasteiger partial charge in [-0.25, -0.2) is 4.99 Å². The second kappa shape index (κ2) is 13.3. The zero-order chi connectivity index (χ0) is 27.5. The van der Waals surface area contributed by atoms with E-state index < -0.39 is 5.54 Å². The van der Waals surface area contributed by atoms with E-state index in [1.165, 1.54) is 0 Å². The Bertz CT molecular complexity index is 1340. The number of nitrogens with one attached hydrogen (secondary N) is 1. The highest BCUT2D eigenvalue weighted by Crippen LogP contribution is 2.31. The highest BCUT2D eigenvalue weighted by molar-refractivity contribution is 6.00. The molecule has 10 nitrogen and oxygen atoms in total. The first kappa shape index (κ1) is 27.5. The fourth-order valence-electron chi connectivity index (χ4n) is 4.23. The number of aliphatic imine (C=N–C) groups is 1. The van der Waals surface area contributed by atoms with Gasteiger partial charge in [0.05, 0.1) is 13.7 Å². The third-order valence-corrected chi connectivity index (χ3v) is 6.34. The maximum Gasteiger partial charge on any atom is 0.251 e. The lowest BCUT2D eigenvalue weighted by molar-refractivity contribution is -0.126. The summed E-state index contributed by atoms with van der Waals surface area (Å²) < 4.78 is 16.8. The van der Waals surface area contributed by atoms with Crippen molar-refractivity contribution in [3.8, 4) is 11.5 Å². The first-order valence-corrected chi connectivity index (χ1v) is 12.7. The molecular formula is C29H31N5O5. The zero-order valence-electron chi connectivity index (χ0n) is 21.7. The van der Waals surface area contributed by atoms with Crippen molar-refractivity contribution in [3.63, 3.8) is 0 Å². The van der Waals surface area contributed by atoms with Crippen LogP contribution in [0.3, 0.4) is 0 Å². The number of benzene rings is 3. The average molecular weight is 530 g/mol. The standard InChI is InChI=1S/C29H31N5O5/c1-37-24-11-7-21(8-12-24)15-16-31-28(36)29(19-23-5-2-3-6-26(23)33-34-30)20-39-27(32-29)22-9-13-25(14-10-22)38-18-4-17-35/h2-3,5-14,35H,4,15-20H2,1H3,(H,31,36)/t29-/m1/s1. The predicted molar refractivity (Wildman–Crippen MR) is 148 cm³/mol. The van der Waals surface area contributed by atoms with Crippen LogP contribution in [-0.4, -0.2) is 55.9 Å². The van der Waals surface area contributed by atoms with E-state index in [9.17, 15) is 4.79 Å². The molecule has 0 spiro atoms. The van der Waals surface area contributed by atoms with Crippen molar-refractivity contribution in [2.45, 2.75) is 24.8 Å². The van der Waals surface area contributed by atoms with Crippen LogP contribution in [-0.2, 0) is 22.4 Å². The lowest BCUT2D eigenvalue weighted by Crippen LogP contribution is -2.49. The Hall–Kier alpha value is -4.53.